The molecule has 1 N–H and O–H groups in total. The van der Waals surface area contributed by atoms with E-state index in [1.807, 2.05) is 12.1 Å². The van der Waals surface area contributed by atoms with Gasteiger partial charge in [0.25, 0.3) is 0 Å². The van der Waals surface area contributed by atoms with Gasteiger partial charge in [-0.05, 0) is 25.0 Å². The van der Waals surface area contributed by atoms with Crippen LogP contribution in [0, 0.1) is 0 Å². The van der Waals surface area contributed by atoms with Crippen molar-refractivity contribution < 1.29 is 9.84 Å². The first-order chi connectivity index (χ1) is 6.68. The summed E-state index contributed by atoms with van der Waals surface area (Å²) in [5.74, 6) is 0. The fourth-order valence-corrected chi connectivity index (χ4v) is 2.92. The zero-order valence-corrected chi connectivity index (χ0v) is 9.40. The van der Waals surface area contributed by atoms with Crippen LogP contribution in [0.5, 0.6) is 0 Å². The number of aliphatic hydroxyl groups is 1. The van der Waals surface area contributed by atoms with Gasteiger partial charge in [-0.1, -0.05) is 11.6 Å². The number of rotatable bonds is 2. The first-order valence-corrected chi connectivity index (χ1v) is 5.92. The van der Waals surface area contributed by atoms with E-state index in [-0.39, 0.29) is 0 Å². The Morgan fingerprint density at radius 2 is 2.14 bits per heavy atom. The highest BCUT2D eigenvalue weighted by Gasteiger charge is 2.30. The van der Waals surface area contributed by atoms with Crippen molar-refractivity contribution in [2.75, 3.05) is 13.2 Å². The molecule has 0 amide bonds. The van der Waals surface area contributed by atoms with Crippen molar-refractivity contribution in [1.29, 1.82) is 0 Å². The summed E-state index contributed by atoms with van der Waals surface area (Å²) in [6.07, 6.45) is 2.15. The smallest absolute Gasteiger partial charge is 0.0931 e. The van der Waals surface area contributed by atoms with E-state index in [1.165, 1.54) is 0 Å². The maximum Gasteiger partial charge on any atom is 0.0931 e. The van der Waals surface area contributed by atoms with E-state index < -0.39 is 5.60 Å². The maximum absolute atomic E-state index is 10.2. The summed E-state index contributed by atoms with van der Waals surface area (Å²) in [7, 11) is 0. The molecule has 1 fully saturated rings. The van der Waals surface area contributed by atoms with Crippen molar-refractivity contribution >= 4 is 22.9 Å². The molecule has 1 aromatic heterocycles. The average Bonchev–Trinajstić information content (AvgIpc) is 2.51. The van der Waals surface area contributed by atoms with Crippen LogP contribution in [0.25, 0.3) is 0 Å². The lowest BCUT2D eigenvalue weighted by atomic mass is 9.90. The van der Waals surface area contributed by atoms with Crippen LogP contribution in [0.3, 0.4) is 0 Å². The Morgan fingerprint density at radius 3 is 2.71 bits per heavy atom. The minimum absolute atomic E-state index is 0.577. The molecule has 2 heterocycles. The number of halogens is 1. The molecule has 14 heavy (non-hydrogen) atoms. The van der Waals surface area contributed by atoms with Crippen LogP contribution < -0.4 is 0 Å². The van der Waals surface area contributed by atoms with Crippen LogP contribution in [-0.4, -0.2) is 23.9 Å². The third-order valence-corrected chi connectivity index (χ3v) is 3.79. The second-order valence-corrected chi connectivity index (χ2v) is 5.52. The van der Waals surface area contributed by atoms with Crippen LogP contribution in [0.2, 0.25) is 4.34 Å². The summed E-state index contributed by atoms with van der Waals surface area (Å²) >= 11 is 7.38. The molecule has 4 heteroatoms. The number of thiophene rings is 1. The predicted molar refractivity (Wildman–Crippen MR) is 58.0 cm³/mol. The molecule has 78 valence electrons. The third kappa shape index (κ3) is 2.48. The minimum atomic E-state index is -0.577. The van der Waals surface area contributed by atoms with Gasteiger partial charge in [-0.25, -0.2) is 0 Å². The normalized spacial score (nSPS) is 21.0. The van der Waals surface area contributed by atoms with Gasteiger partial charge >= 0.3 is 0 Å². The molecule has 1 saturated heterocycles. The van der Waals surface area contributed by atoms with Crippen molar-refractivity contribution in [2.24, 2.45) is 0 Å². The van der Waals surface area contributed by atoms with Gasteiger partial charge in [0, 0.05) is 24.5 Å². The lowest BCUT2D eigenvalue weighted by molar-refractivity contribution is -0.0621. The fraction of sp³-hybridized carbons (Fsp3) is 0.600. The van der Waals surface area contributed by atoms with Crippen molar-refractivity contribution in [3.63, 3.8) is 0 Å². The van der Waals surface area contributed by atoms with E-state index in [0.717, 1.165) is 22.1 Å². The van der Waals surface area contributed by atoms with E-state index in [9.17, 15) is 5.11 Å². The van der Waals surface area contributed by atoms with Gasteiger partial charge in [-0.3, -0.25) is 0 Å². The quantitative estimate of drug-likeness (QED) is 0.849. The molecule has 1 aliphatic rings. The molecule has 0 aliphatic carbocycles. The fourth-order valence-electron chi connectivity index (χ4n) is 1.70. The number of hydrogen-bond acceptors (Lipinski definition) is 3. The van der Waals surface area contributed by atoms with Crippen molar-refractivity contribution in [1.82, 2.24) is 0 Å². The standard InChI is InChI=1S/C10H13ClO2S/c11-9-2-1-8(14-9)7-10(12)3-5-13-6-4-10/h1-2,12H,3-7H2. The van der Waals surface area contributed by atoms with E-state index in [1.54, 1.807) is 11.3 Å². The van der Waals surface area contributed by atoms with Crippen molar-refractivity contribution in [3.05, 3.63) is 21.3 Å². The molecular formula is C10H13ClO2S. The Kier molecular flexibility index (Phi) is 3.12. The Labute approximate surface area is 92.5 Å². The Balaban J connectivity index is 2.01. The summed E-state index contributed by atoms with van der Waals surface area (Å²) in [5, 5.41) is 10.2. The lowest BCUT2D eigenvalue weighted by Gasteiger charge is -2.31. The summed E-state index contributed by atoms with van der Waals surface area (Å²) in [6.45, 7) is 1.32. The summed E-state index contributed by atoms with van der Waals surface area (Å²) in [6, 6.07) is 3.87. The highest BCUT2D eigenvalue weighted by molar-refractivity contribution is 7.16. The maximum atomic E-state index is 10.2. The predicted octanol–water partition coefficient (Wildman–Crippen LogP) is 2.49. The molecule has 0 saturated carbocycles. The molecular weight excluding hydrogens is 220 g/mol. The van der Waals surface area contributed by atoms with Gasteiger partial charge in [0.15, 0.2) is 0 Å². The van der Waals surface area contributed by atoms with Crippen LogP contribution >= 0.6 is 22.9 Å². The Morgan fingerprint density at radius 1 is 1.43 bits per heavy atom. The first kappa shape index (κ1) is 10.4. The Hall–Kier alpha value is -0.0900. The van der Waals surface area contributed by atoms with Gasteiger partial charge in [0.05, 0.1) is 9.94 Å². The van der Waals surface area contributed by atoms with Crippen molar-refractivity contribution in [3.8, 4) is 0 Å². The molecule has 2 rings (SSSR count). The summed E-state index contributed by atoms with van der Waals surface area (Å²) in [5.41, 5.74) is -0.577. The van der Waals surface area contributed by atoms with Crippen LogP contribution in [-0.2, 0) is 11.2 Å². The van der Waals surface area contributed by atoms with E-state index >= 15 is 0 Å². The third-order valence-electron chi connectivity index (χ3n) is 2.56. The van der Waals surface area contributed by atoms with Gasteiger partial charge in [-0.2, -0.15) is 0 Å². The molecule has 2 nitrogen and oxygen atoms in total. The second-order valence-electron chi connectivity index (χ2n) is 3.72. The van der Waals surface area contributed by atoms with E-state index in [2.05, 4.69) is 0 Å². The second kappa shape index (κ2) is 4.19. The van der Waals surface area contributed by atoms with E-state index in [0.29, 0.717) is 19.6 Å². The number of ether oxygens (including phenoxy) is 1. The number of hydrogen-bond donors (Lipinski definition) is 1. The van der Waals surface area contributed by atoms with Gasteiger partial charge in [-0.15, -0.1) is 11.3 Å². The molecule has 0 aromatic carbocycles. The molecule has 1 aromatic rings. The molecule has 0 bridgehead atoms. The molecule has 1 aliphatic heterocycles. The van der Waals surface area contributed by atoms with Crippen molar-refractivity contribution in [2.45, 2.75) is 24.9 Å². The van der Waals surface area contributed by atoms with Gasteiger partial charge < -0.3 is 9.84 Å². The molecule has 0 spiro atoms. The summed E-state index contributed by atoms with van der Waals surface area (Å²) in [4.78, 5) is 1.15. The highest BCUT2D eigenvalue weighted by Crippen LogP contribution is 2.29. The van der Waals surface area contributed by atoms with Gasteiger partial charge in [0.1, 0.15) is 0 Å². The molecule has 0 atom stereocenters. The monoisotopic (exact) mass is 232 g/mol. The molecule has 0 unspecified atom stereocenters. The van der Waals surface area contributed by atoms with E-state index in [4.69, 9.17) is 16.3 Å². The summed E-state index contributed by atoms with van der Waals surface area (Å²) < 4.78 is 6.01. The topological polar surface area (TPSA) is 29.5 Å². The largest absolute Gasteiger partial charge is 0.389 e. The van der Waals surface area contributed by atoms with Crippen LogP contribution in [0.15, 0.2) is 12.1 Å². The van der Waals surface area contributed by atoms with Gasteiger partial charge in [0.2, 0.25) is 0 Å². The molecule has 0 radical (unpaired) electrons. The average molecular weight is 233 g/mol. The Bertz CT molecular complexity index is 305. The van der Waals surface area contributed by atoms with Crippen LogP contribution in [0.4, 0.5) is 0 Å². The first-order valence-electron chi connectivity index (χ1n) is 4.72. The zero-order valence-electron chi connectivity index (χ0n) is 7.83. The SMILES string of the molecule is OC1(Cc2ccc(Cl)s2)CCOCC1. The highest BCUT2D eigenvalue weighted by atomic mass is 35.5. The van der Waals surface area contributed by atoms with Crippen LogP contribution in [0.1, 0.15) is 17.7 Å². The zero-order chi connectivity index (χ0) is 10.0. The lowest BCUT2D eigenvalue weighted by Crippen LogP contribution is -2.37. The minimum Gasteiger partial charge on any atom is -0.389 e.